The molecule has 0 spiro atoms. The van der Waals surface area contributed by atoms with Crippen molar-refractivity contribution >= 4 is 33.4 Å². The predicted molar refractivity (Wildman–Crippen MR) is 121 cm³/mol. The van der Waals surface area contributed by atoms with Crippen molar-refractivity contribution in [2.75, 3.05) is 38.7 Å². The van der Waals surface area contributed by atoms with Crippen molar-refractivity contribution in [3.63, 3.8) is 0 Å². The number of benzene rings is 2. The Balaban J connectivity index is 1.53. The lowest BCUT2D eigenvalue weighted by atomic mass is 9.95. The summed E-state index contributed by atoms with van der Waals surface area (Å²) in [6.07, 6.45) is 1.62. The summed E-state index contributed by atoms with van der Waals surface area (Å²) in [5.41, 5.74) is 2.28. The second kappa shape index (κ2) is 11.2. The van der Waals surface area contributed by atoms with E-state index in [2.05, 4.69) is 43.6 Å². The van der Waals surface area contributed by atoms with E-state index in [-0.39, 0.29) is 17.7 Å². The molecular formula is C23H28BrN3O3. The first-order valence-electron chi connectivity index (χ1n) is 10.2. The Morgan fingerprint density at radius 2 is 1.90 bits per heavy atom. The van der Waals surface area contributed by atoms with Crippen molar-refractivity contribution in [2.24, 2.45) is 5.92 Å². The third kappa shape index (κ3) is 6.39. The van der Waals surface area contributed by atoms with E-state index in [0.717, 1.165) is 36.9 Å². The van der Waals surface area contributed by atoms with Crippen LogP contribution in [0.15, 0.2) is 53.0 Å². The largest absolute Gasteiger partial charge is 0.383 e. The standard InChI is InChI=1S/C23H28BrN3O3/c1-30-14-11-25-23(29)20-7-2-3-8-21(20)26-22(28)18-9-12-27(13-10-18)16-17-5-4-6-19(24)15-17/h2-8,15,18H,9-14,16H2,1H3,(H,25,29)(H,26,28). The van der Waals surface area contributed by atoms with Gasteiger partial charge in [0.05, 0.1) is 17.9 Å². The number of carbonyl (C=O) groups is 2. The van der Waals surface area contributed by atoms with Crippen LogP contribution in [0, 0.1) is 5.92 Å². The Kier molecular flexibility index (Phi) is 8.42. The first-order valence-corrected chi connectivity index (χ1v) is 11.0. The summed E-state index contributed by atoms with van der Waals surface area (Å²) in [7, 11) is 1.59. The van der Waals surface area contributed by atoms with Gasteiger partial charge in [-0.15, -0.1) is 0 Å². The molecule has 2 amide bonds. The monoisotopic (exact) mass is 473 g/mol. The lowest BCUT2D eigenvalue weighted by Gasteiger charge is -2.31. The highest BCUT2D eigenvalue weighted by molar-refractivity contribution is 9.10. The molecule has 0 atom stereocenters. The number of nitrogens with zero attached hydrogens (tertiary/aromatic N) is 1. The van der Waals surface area contributed by atoms with Crippen LogP contribution in [0.1, 0.15) is 28.8 Å². The molecule has 1 saturated heterocycles. The van der Waals surface area contributed by atoms with Crippen LogP contribution in [0.3, 0.4) is 0 Å². The minimum Gasteiger partial charge on any atom is -0.383 e. The first kappa shape index (κ1) is 22.5. The van der Waals surface area contributed by atoms with Crippen LogP contribution >= 0.6 is 15.9 Å². The molecule has 0 unspecified atom stereocenters. The SMILES string of the molecule is COCCNC(=O)c1ccccc1NC(=O)C1CCN(Cc2cccc(Br)c2)CC1. The summed E-state index contributed by atoms with van der Waals surface area (Å²) in [5.74, 6) is -0.283. The Morgan fingerprint density at radius 3 is 2.63 bits per heavy atom. The van der Waals surface area contributed by atoms with E-state index in [0.29, 0.717) is 24.4 Å². The number of hydrogen-bond donors (Lipinski definition) is 2. The molecule has 1 fully saturated rings. The number of rotatable bonds is 8. The Bertz CT molecular complexity index is 866. The van der Waals surface area contributed by atoms with E-state index < -0.39 is 0 Å². The minimum absolute atomic E-state index is 0.0192. The molecule has 1 heterocycles. The topological polar surface area (TPSA) is 70.7 Å². The first-order chi connectivity index (χ1) is 14.6. The zero-order valence-electron chi connectivity index (χ0n) is 17.2. The van der Waals surface area contributed by atoms with Gasteiger partial charge in [-0.2, -0.15) is 0 Å². The van der Waals surface area contributed by atoms with E-state index in [4.69, 9.17) is 4.74 Å². The van der Waals surface area contributed by atoms with Gasteiger partial charge >= 0.3 is 0 Å². The van der Waals surface area contributed by atoms with E-state index in [1.807, 2.05) is 18.2 Å². The number of likely N-dealkylation sites (tertiary alicyclic amines) is 1. The normalized spacial score (nSPS) is 15.0. The molecule has 0 aliphatic carbocycles. The van der Waals surface area contributed by atoms with Crippen molar-refractivity contribution in [1.82, 2.24) is 10.2 Å². The second-order valence-corrected chi connectivity index (χ2v) is 8.38. The average Bonchev–Trinajstić information content (AvgIpc) is 2.75. The Morgan fingerprint density at radius 1 is 1.13 bits per heavy atom. The van der Waals surface area contributed by atoms with E-state index in [9.17, 15) is 9.59 Å². The molecule has 160 valence electrons. The van der Waals surface area contributed by atoms with Crippen molar-refractivity contribution in [1.29, 1.82) is 0 Å². The fourth-order valence-corrected chi connectivity index (χ4v) is 4.08. The molecule has 6 nitrogen and oxygen atoms in total. The molecule has 0 aromatic heterocycles. The number of methoxy groups -OCH3 is 1. The van der Waals surface area contributed by atoms with Gasteiger partial charge in [-0.3, -0.25) is 14.5 Å². The summed E-state index contributed by atoms with van der Waals surface area (Å²) in [6.45, 7) is 3.51. The summed E-state index contributed by atoms with van der Waals surface area (Å²) in [5, 5.41) is 5.77. The number of carbonyl (C=O) groups excluding carboxylic acids is 2. The molecule has 0 saturated carbocycles. The molecule has 0 radical (unpaired) electrons. The molecule has 2 aromatic carbocycles. The highest BCUT2D eigenvalue weighted by atomic mass is 79.9. The molecule has 3 rings (SSSR count). The summed E-state index contributed by atoms with van der Waals surface area (Å²) >= 11 is 3.51. The van der Waals surface area contributed by atoms with Crippen LogP contribution < -0.4 is 10.6 Å². The lowest BCUT2D eigenvalue weighted by molar-refractivity contribution is -0.121. The van der Waals surface area contributed by atoms with Gasteiger partial charge in [0.15, 0.2) is 0 Å². The van der Waals surface area contributed by atoms with Crippen molar-refractivity contribution in [2.45, 2.75) is 19.4 Å². The van der Waals surface area contributed by atoms with Gasteiger partial charge in [-0.05, 0) is 55.8 Å². The van der Waals surface area contributed by atoms with E-state index in [1.54, 1.807) is 25.3 Å². The molecule has 2 aromatic rings. The summed E-state index contributed by atoms with van der Waals surface area (Å²) in [6, 6.07) is 15.4. The minimum atomic E-state index is -0.216. The number of anilines is 1. The maximum atomic E-state index is 12.8. The molecule has 1 aliphatic rings. The zero-order valence-corrected chi connectivity index (χ0v) is 18.8. The van der Waals surface area contributed by atoms with Gasteiger partial charge in [-0.25, -0.2) is 0 Å². The van der Waals surface area contributed by atoms with Crippen LogP contribution in [-0.4, -0.2) is 50.1 Å². The van der Waals surface area contributed by atoms with Gasteiger partial charge in [0.1, 0.15) is 0 Å². The van der Waals surface area contributed by atoms with Crippen molar-refractivity contribution < 1.29 is 14.3 Å². The van der Waals surface area contributed by atoms with Crippen LogP contribution in [0.4, 0.5) is 5.69 Å². The van der Waals surface area contributed by atoms with Gasteiger partial charge in [0.25, 0.3) is 5.91 Å². The molecule has 1 aliphatic heterocycles. The molecular weight excluding hydrogens is 446 g/mol. The fourth-order valence-electron chi connectivity index (χ4n) is 3.63. The van der Waals surface area contributed by atoms with Gasteiger partial charge in [-0.1, -0.05) is 40.2 Å². The number of halogens is 1. The van der Waals surface area contributed by atoms with Gasteiger partial charge in [0, 0.05) is 30.6 Å². The third-order valence-electron chi connectivity index (χ3n) is 5.27. The van der Waals surface area contributed by atoms with E-state index in [1.165, 1.54) is 5.56 Å². The van der Waals surface area contributed by atoms with Crippen LogP contribution in [0.25, 0.3) is 0 Å². The number of amides is 2. The predicted octanol–water partition coefficient (Wildman–Crippen LogP) is 3.68. The number of hydrogen-bond acceptors (Lipinski definition) is 4. The summed E-state index contributed by atoms with van der Waals surface area (Å²) < 4.78 is 6.05. The quantitative estimate of drug-likeness (QED) is 0.573. The number of ether oxygens (including phenoxy) is 1. The maximum Gasteiger partial charge on any atom is 0.253 e. The van der Waals surface area contributed by atoms with Gasteiger partial charge in [0.2, 0.25) is 5.91 Å². The second-order valence-electron chi connectivity index (χ2n) is 7.46. The Hall–Kier alpha value is -2.22. The summed E-state index contributed by atoms with van der Waals surface area (Å²) in [4.78, 5) is 27.6. The van der Waals surface area contributed by atoms with Crippen LogP contribution in [0.2, 0.25) is 0 Å². The van der Waals surface area contributed by atoms with Crippen molar-refractivity contribution in [3.05, 3.63) is 64.1 Å². The third-order valence-corrected chi connectivity index (χ3v) is 5.77. The highest BCUT2D eigenvalue weighted by Gasteiger charge is 2.26. The molecule has 2 N–H and O–H groups in total. The average molecular weight is 474 g/mol. The van der Waals surface area contributed by atoms with E-state index >= 15 is 0 Å². The zero-order chi connectivity index (χ0) is 21.3. The van der Waals surface area contributed by atoms with Gasteiger partial charge < -0.3 is 15.4 Å². The molecule has 7 heteroatoms. The fraction of sp³-hybridized carbons (Fsp3) is 0.391. The smallest absolute Gasteiger partial charge is 0.253 e. The van der Waals surface area contributed by atoms with Crippen molar-refractivity contribution in [3.8, 4) is 0 Å². The lowest BCUT2D eigenvalue weighted by Crippen LogP contribution is -2.38. The highest BCUT2D eigenvalue weighted by Crippen LogP contribution is 2.23. The maximum absolute atomic E-state index is 12.8. The Labute approximate surface area is 186 Å². The molecule has 30 heavy (non-hydrogen) atoms. The van der Waals surface area contributed by atoms with Crippen LogP contribution in [-0.2, 0) is 16.1 Å². The molecule has 0 bridgehead atoms. The van der Waals surface area contributed by atoms with Crippen LogP contribution in [0.5, 0.6) is 0 Å². The number of piperidine rings is 1. The number of para-hydroxylation sites is 1. The number of nitrogens with one attached hydrogen (secondary N) is 2.